The zero-order valence-corrected chi connectivity index (χ0v) is 18.0. The number of piperazine rings is 1. The number of alkyl halides is 3. The van der Waals surface area contributed by atoms with Gasteiger partial charge in [-0.2, -0.15) is 13.2 Å². The van der Waals surface area contributed by atoms with Gasteiger partial charge in [0, 0.05) is 44.0 Å². The number of carbonyl (C=O) groups excluding carboxylic acids is 2. The van der Waals surface area contributed by atoms with Gasteiger partial charge in [-0.1, -0.05) is 12.1 Å². The van der Waals surface area contributed by atoms with Gasteiger partial charge in [0.05, 0.1) is 18.6 Å². The Labute approximate surface area is 184 Å². The Balaban J connectivity index is 1.64. The highest BCUT2D eigenvalue weighted by Crippen LogP contribution is 2.31. The summed E-state index contributed by atoms with van der Waals surface area (Å²) in [6.07, 6.45) is -4.73. The lowest BCUT2D eigenvalue weighted by atomic mass is 9.94. The number of halogens is 3. The largest absolute Gasteiger partial charge is 0.469 e. The quantitative estimate of drug-likeness (QED) is 0.681. The summed E-state index contributed by atoms with van der Waals surface area (Å²) in [6, 6.07) is 11.6. The van der Waals surface area contributed by atoms with E-state index in [1.54, 1.807) is 12.1 Å². The van der Waals surface area contributed by atoms with E-state index in [1.165, 1.54) is 19.2 Å². The maximum atomic E-state index is 12.8. The van der Waals surface area contributed by atoms with E-state index in [0.717, 1.165) is 44.0 Å². The van der Waals surface area contributed by atoms with Gasteiger partial charge < -0.3 is 19.9 Å². The molecule has 0 saturated carbocycles. The smallest absolute Gasteiger partial charge is 0.416 e. The van der Waals surface area contributed by atoms with Crippen molar-refractivity contribution in [2.45, 2.75) is 18.5 Å². The predicted octanol–water partition coefficient (Wildman–Crippen LogP) is 3.74. The fourth-order valence-corrected chi connectivity index (χ4v) is 3.60. The van der Waals surface area contributed by atoms with Gasteiger partial charge >= 0.3 is 12.1 Å². The third-order valence-electron chi connectivity index (χ3n) is 5.54. The molecule has 1 saturated heterocycles. The first-order chi connectivity index (χ1) is 15.2. The van der Waals surface area contributed by atoms with E-state index in [4.69, 9.17) is 4.74 Å². The second-order valence-corrected chi connectivity index (χ2v) is 7.79. The molecule has 3 rings (SSSR count). The number of rotatable bonds is 6. The topological polar surface area (TPSA) is 61.9 Å². The van der Waals surface area contributed by atoms with Crippen molar-refractivity contribution in [3.05, 3.63) is 59.7 Å². The molecule has 9 heteroatoms. The van der Waals surface area contributed by atoms with Gasteiger partial charge in [-0.15, -0.1) is 0 Å². The van der Waals surface area contributed by atoms with Crippen molar-refractivity contribution in [2.24, 2.45) is 0 Å². The summed E-state index contributed by atoms with van der Waals surface area (Å²) >= 11 is 0. The van der Waals surface area contributed by atoms with Crippen LogP contribution in [0.5, 0.6) is 0 Å². The molecule has 0 bridgehead atoms. The fourth-order valence-electron chi connectivity index (χ4n) is 3.60. The maximum absolute atomic E-state index is 12.8. The van der Waals surface area contributed by atoms with Crippen molar-refractivity contribution in [2.75, 3.05) is 50.6 Å². The van der Waals surface area contributed by atoms with Crippen LogP contribution in [-0.4, -0.2) is 57.1 Å². The minimum Gasteiger partial charge on any atom is -0.469 e. The Hall–Kier alpha value is -3.07. The van der Waals surface area contributed by atoms with Crippen LogP contribution in [0, 0.1) is 0 Å². The summed E-state index contributed by atoms with van der Waals surface area (Å²) in [5.41, 5.74) is 1.09. The normalized spacial score (nSPS) is 15.8. The molecular weight excluding hydrogens is 423 g/mol. The molecule has 32 heavy (non-hydrogen) atoms. The molecule has 0 aromatic heterocycles. The molecule has 1 aliphatic rings. The highest BCUT2D eigenvalue weighted by Gasteiger charge is 2.31. The summed E-state index contributed by atoms with van der Waals surface area (Å²) in [4.78, 5) is 29.3. The average molecular weight is 449 g/mol. The SMILES string of the molecule is COC(=O)C(CC(=O)Nc1ccc(N2CCN(C)CC2)cc1)c1ccc(C(F)(F)F)cc1. The molecule has 1 atom stereocenters. The summed E-state index contributed by atoms with van der Waals surface area (Å²) in [7, 11) is 3.26. The van der Waals surface area contributed by atoms with Gasteiger partial charge in [0.25, 0.3) is 0 Å². The molecule has 1 aliphatic heterocycles. The van der Waals surface area contributed by atoms with Crippen LogP contribution in [0.3, 0.4) is 0 Å². The van der Waals surface area contributed by atoms with Gasteiger partial charge in [-0.25, -0.2) is 0 Å². The Morgan fingerprint density at radius 1 is 1.00 bits per heavy atom. The molecular formula is C23H26F3N3O3. The monoisotopic (exact) mass is 449 g/mol. The molecule has 1 fully saturated rings. The van der Waals surface area contributed by atoms with E-state index in [1.807, 2.05) is 12.1 Å². The summed E-state index contributed by atoms with van der Waals surface area (Å²) in [5, 5.41) is 2.74. The molecule has 6 nitrogen and oxygen atoms in total. The van der Waals surface area contributed by atoms with E-state index < -0.39 is 29.5 Å². The lowest BCUT2D eigenvalue weighted by molar-refractivity contribution is -0.143. The van der Waals surface area contributed by atoms with Gasteiger partial charge in [-0.3, -0.25) is 9.59 Å². The number of nitrogens with zero attached hydrogens (tertiary/aromatic N) is 2. The van der Waals surface area contributed by atoms with Crippen LogP contribution >= 0.6 is 0 Å². The van der Waals surface area contributed by atoms with Gasteiger partial charge in [0.15, 0.2) is 0 Å². The molecule has 0 spiro atoms. The molecule has 2 aromatic carbocycles. The molecule has 0 radical (unpaired) electrons. The number of nitrogens with one attached hydrogen (secondary N) is 1. The third kappa shape index (κ3) is 6.00. The highest BCUT2D eigenvalue weighted by molar-refractivity contribution is 5.95. The first-order valence-corrected chi connectivity index (χ1v) is 10.3. The van der Waals surface area contributed by atoms with E-state index in [2.05, 4.69) is 22.2 Å². The van der Waals surface area contributed by atoms with Crippen molar-refractivity contribution in [1.29, 1.82) is 0 Å². The molecule has 172 valence electrons. The van der Waals surface area contributed by atoms with E-state index >= 15 is 0 Å². The zero-order valence-electron chi connectivity index (χ0n) is 18.0. The molecule has 1 heterocycles. The minimum absolute atomic E-state index is 0.252. The Morgan fingerprint density at radius 2 is 1.59 bits per heavy atom. The van der Waals surface area contributed by atoms with Crippen molar-refractivity contribution < 1.29 is 27.5 Å². The number of likely N-dealkylation sites (N-methyl/N-ethyl adjacent to an activating group) is 1. The molecule has 1 amide bonds. The molecule has 1 N–H and O–H groups in total. The minimum atomic E-state index is -4.48. The van der Waals surface area contributed by atoms with Crippen LogP contribution in [0.1, 0.15) is 23.5 Å². The van der Waals surface area contributed by atoms with Gasteiger partial charge in [0.1, 0.15) is 0 Å². The lowest BCUT2D eigenvalue weighted by Gasteiger charge is -2.34. The number of hydrogen-bond donors (Lipinski definition) is 1. The Kier molecular flexibility index (Phi) is 7.40. The average Bonchev–Trinajstić information content (AvgIpc) is 2.77. The predicted molar refractivity (Wildman–Crippen MR) is 116 cm³/mol. The number of carbonyl (C=O) groups is 2. The lowest BCUT2D eigenvalue weighted by Crippen LogP contribution is -2.44. The second-order valence-electron chi connectivity index (χ2n) is 7.79. The summed E-state index contributed by atoms with van der Waals surface area (Å²) in [6.45, 7) is 3.82. The number of hydrogen-bond acceptors (Lipinski definition) is 5. The number of esters is 1. The number of amides is 1. The van der Waals surface area contributed by atoms with Gasteiger partial charge in [-0.05, 0) is 49.0 Å². The third-order valence-corrected chi connectivity index (χ3v) is 5.54. The summed E-state index contributed by atoms with van der Waals surface area (Å²) < 4.78 is 43.2. The molecule has 2 aromatic rings. The Bertz CT molecular complexity index is 922. The fraction of sp³-hybridized carbons (Fsp3) is 0.391. The van der Waals surface area contributed by atoms with E-state index in [0.29, 0.717) is 5.69 Å². The van der Waals surface area contributed by atoms with Crippen LogP contribution in [0.2, 0.25) is 0 Å². The van der Waals surface area contributed by atoms with Crippen LogP contribution in [0.25, 0.3) is 0 Å². The van der Waals surface area contributed by atoms with Crippen molar-refractivity contribution >= 4 is 23.3 Å². The van der Waals surface area contributed by atoms with Crippen LogP contribution < -0.4 is 10.2 Å². The second kappa shape index (κ2) is 10.0. The zero-order chi connectivity index (χ0) is 23.3. The van der Waals surface area contributed by atoms with Crippen molar-refractivity contribution in [3.63, 3.8) is 0 Å². The first kappa shape index (κ1) is 23.6. The van der Waals surface area contributed by atoms with Gasteiger partial charge in [0.2, 0.25) is 5.91 Å². The van der Waals surface area contributed by atoms with Crippen LogP contribution in [-0.2, 0) is 20.5 Å². The van der Waals surface area contributed by atoms with Crippen LogP contribution in [0.15, 0.2) is 48.5 Å². The Morgan fingerprint density at radius 3 is 2.12 bits per heavy atom. The maximum Gasteiger partial charge on any atom is 0.416 e. The molecule has 0 aliphatic carbocycles. The van der Waals surface area contributed by atoms with E-state index in [-0.39, 0.29) is 12.0 Å². The first-order valence-electron chi connectivity index (χ1n) is 10.3. The summed E-state index contributed by atoms with van der Waals surface area (Å²) in [5.74, 6) is -2.13. The highest BCUT2D eigenvalue weighted by atomic mass is 19.4. The standard InChI is InChI=1S/C23H26F3N3O3/c1-28-11-13-29(14-12-28)19-9-7-18(8-10-19)27-21(30)15-20(22(31)32-2)16-3-5-17(6-4-16)23(24,25)26/h3-10,20H,11-15H2,1-2H3,(H,27,30). The number of ether oxygens (including phenoxy) is 1. The molecule has 1 unspecified atom stereocenters. The van der Waals surface area contributed by atoms with Crippen molar-refractivity contribution in [3.8, 4) is 0 Å². The van der Waals surface area contributed by atoms with Crippen LogP contribution in [0.4, 0.5) is 24.5 Å². The number of anilines is 2. The van der Waals surface area contributed by atoms with Crippen molar-refractivity contribution in [1.82, 2.24) is 4.90 Å². The number of methoxy groups -OCH3 is 1. The van der Waals surface area contributed by atoms with E-state index in [9.17, 15) is 22.8 Å². The number of benzene rings is 2.